The highest BCUT2D eigenvalue weighted by molar-refractivity contribution is 5.91. The van der Waals surface area contributed by atoms with Crippen LogP contribution in [0, 0.1) is 13.8 Å². The minimum absolute atomic E-state index is 0.214. The zero-order valence-corrected chi connectivity index (χ0v) is 10.3. The molecule has 0 aliphatic rings. The van der Waals surface area contributed by atoms with Gasteiger partial charge in [-0.15, -0.1) is 0 Å². The predicted octanol–water partition coefficient (Wildman–Crippen LogP) is 3.23. The van der Waals surface area contributed by atoms with E-state index in [2.05, 4.69) is 0 Å². The Bertz CT molecular complexity index is 551. The van der Waals surface area contributed by atoms with Crippen LogP contribution in [0.25, 0.3) is 0 Å². The van der Waals surface area contributed by atoms with Gasteiger partial charge in [0, 0.05) is 0 Å². The molecular formula is C15H14O3. The minimum atomic E-state index is -0.424. The smallest absolute Gasteiger partial charge is 0.343 e. The lowest BCUT2D eigenvalue weighted by molar-refractivity contribution is 0.0734. The highest BCUT2D eigenvalue weighted by Crippen LogP contribution is 2.23. The Morgan fingerprint density at radius 2 is 1.61 bits per heavy atom. The number of phenolic OH excluding ortho intramolecular Hbond substituents is 1. The lowest BCUT2D eigenvalue weighted by Gasteiger charge is -2.08. The van der Waals surface area contributed by atoms with Gasteiger partial charge in [0.1, 0.15) is 11.5 Å². The molecule has 0 spiro atoms. The van der Waals surface area contributed by atoms with Crippen LogP contribution in [0.1, 0.15) is 21.5 Å². The topological polar surface area (TPSA) is 46.5 Å². The summed E-state index contributed by atoms with van der Waals surface area (Å²) in [6, 6.07) is 12.1. The van der Waals surface area contributed by atoms with E-state index < -0.39 is 5.97 Å². The molecule has 92 valence electrons. The maximum absolute atomic E-state index is 11.9. The van der Waals surface area contributed by atoms with Crippen molar-refractivity contribution < 1.29 is 14.6 Å². The van der Waals surface area contributed by atoms with Crippen molar-refractivity contribution in [2.24, 2.45) is 0 Å². The fraction of sp³-hybridized carbons (Fsp3) is 0.133. The predicted molar refractivity (Wildman–Crippen MR) is 69.0 cm³/mol. The van der Waals surface area contributed by atoms with Crippen LogP contribution in [0.4, 0.5) is 0 Å². The van der Waals surface area contributed by atoms with Gasteiger partial charge in [-0.05, 0) is 49.2 Å². The molecule has 0 aliphatic carbocycles. The molecule has 0 saturated carbocycles. The Kier molecular flexibility index (Phi) is 3.33. The molecule has 2 aromatic carbocycles. The van der Waals surface area contributed by atoms with Crippen LogP contribution >= 0.6 is 0 Å². The Labute approximate surface area is 106 Å². The summed E-state index contributed by atoms with van der Waals surface area (Å²) in [7, 11) is 0. The van der Waals surface area contributed by atoms with Crippen LogP contribution in [0.5, 0.6) is 11.5 Å². The third-order valence-corrected chi connectivity index (χ3v) is 2.68. The Morgan fingerprint density at radius 1 is 1.06 bits per heavy atom. The lowest BCUT2D eigenvalue weighted by Crippen LogP contribution is -2.09. The Hall–Kier alpha value is -2.29. The van der Waals surface area contributed by atoms with E-state index in [1.807, 2.05) is 6.07 Å². The summed E-state index contributed by atoms with van der Waals surface area (Å²) < 4.78 is 5.23. The van der Waals surface area contributed by atoms with Crippen LogP contribution in [-0.2, 0) is 0 Å². The number of ether oxygens (including phenoxy) is 1. The van der Waals surface area contributed by atoms with Crippen molar-refractivity contribution in [3.63, 3.8) is 0 Å². The number of carbonyl (C=O) groups is 1. The summed E-state index contributed by atoms with van der Waals surface area (Å²) in [5, 5.41) is 9.65. The molecular weight excluding hydrogens is 228 g/mol. The van der Waals surface area contributed by atoms with E-state index >= 15 is 0 Å². The van der Waals surface area contributed by atoms with Crippen LogP contribution in [0.3, 0.4) is 0 Å². The van der Waals surface area contributed by atoms with Gasteiger partial charge in [0.25, 0.3) is 0 Å². The fourth-order valence-electron chi connectivity index (χ4n) is 1.73. The second-order valence-corrected chi connectivity index (χ2v) is 4.16. The van der Waals surface area contributed by atoms with Crippen LogP contribution < -0.4 is 4.74 Å². The standard InChI is InChI=1S/C15H14O3/c1-10-8-12(9-11(2)14(10)16)15(17)18-13-6-4-3-5-7-13/h3-9,16H,1-2H3. The van der Waals surface area contributed by atoms with E-state index in [9.17, 15) is 9.90 Å². The van der Waals surface area contributed by atoms with Crippen LogP contribution in [-0.4, -0.2) is 11.1 Å². The molecule has 1 N–H and O–H groups in total. The average Bonchev–Trinajstić information content (AvgIpc) is 2.36. The molecule has 0 atom stereocenters. The lowest BCUT2D eigenvalue weighted by atomic mass is 10.1. The van der Waals surface area contributed by atoms with Gasteiger partial charge in [-0.2, -0.15) is 0 Å². The van der Waals surface area contributed by atoms with Gasteiger partial charge in [0.15, 0.2) is 0 Å². The number of hydrogen-bond acceptors (Lipinski definition) is 3. The van der Waals surface area contributed by atoms with Gasteiger partial charge < -0.3 is 9.84 Å². The number of esters is 1. The molecule has 0 radical (unpaired) electrons. The zero-order chi connectivity index (χ0) is 13.1. The summed E-state index contributed by atoms with van der Waals surface area (Å²) in [4.78, 5) is 11.9. The highest BCUT2D eigenvalue weighted by Gasteiger charge is 2.12. The number of phenols is 1. The van der Waals surface area contributed by atoms with E-state index in [0.29, 0.717) is 22.4 Å². The summed E-state index contributed by atoms with van der Waals surface area (Å²) in [5.74, 6) is 0.296. The van der Waals surface area contributed by atoms with Crippen molar-refractivity contribution in [2.45, 2.75) is 13.8 Å². The quantitative estimate of drug-likeness (QED) is 0.649. The van der Waals surface area contributed by atoms with Crippen LogP contribution in [0.2, 0.25) is 0 Å². The molecule has 18 heavy (non-hydrogen) atoms. The number of carbonyl (C=O) groups excluding carboxylic acids is 1. The van der Waals surface area contributed by atoms with Crippen molar-refractivity contribution in [3.8, 4) is 11.5 Å². The average molecular weight is 242 g/mol. The van der Waals surface area contributed by atoms with Crippen molar-refractivity contribution >= 4 is 5.97 Å². The second kappa shape index (κ2) is 4.92. The first kappa shape index (κ1) is 12.2. The summed E-state index contributed by atoms with van der Waals surface area (Å²) in [6.07, 6.45) is 0. The molecule has 0 fully saturated rings. The summed E-state index contributed by atoms with van der Waals surface area (Å²) >= 11 is 0. The Morgan fingerprint density at radius 3 is 2.17 bits per heavy atom. The van der Waals surface area contributed by atoms with Gasteiger partial charge in [-0.3, -0.25) is 0 Å². The molecule has 0 heterocycles. The number of hydrogen-bond donors (Lipinski definition) is 1. The number of aryl methyl sites for hydroxylation is 2. The van der Waals surface area contributed by atoms with E-state index in [4.69, 9.17) is 4.74 Å². The molecule has 0 aliphatic heterocycles. The molecule has 3 nitrogen and oxygen atoms in total. The van der Waals surface area contributed by atoms with Crippen molar-refractivity contribution in [2.75, 3.05) is 0 Å². The number of para-hydroxylation sites is 1. The summed E-state index contributed by atoms with van der Waals surface area (Å²) in [6.45, 7) is 3.50. The van der Waals surface area contributed by atoms with E-state index in [-0.39, 0.29) is 5.75 Å². The van der Waals surface area contributed by atoms with E-state index in [1.54, 1.807) is 50.2 Å². The van der Waals surface area contributed by atoms with Crippen molar-refractivity contribution in [1.29, 1.82) is 0 Å². The summed E-state index contributed by atoms with van der Waals surface area (Å²) in [5.41, 5.74) is 1.76. The second-order valence-electron chi connectivity index (χ2n) is 4.16. The molecule has 0 amide bonds. The monoisotopic (exact) mass is 242 g/mol. The first-order chi connectivity index (χ1) is 8.58. The normalized spacial score (nSPS) is 10.1. The maximum Gasteiger partial charge on any atom is 0.343 e. The van der Waals surface area contributed by atoms with Gasteiger partial charge in [-0.25, -0.2) is 4.79 Å². The third kappa shape index (κ3) is 2.51. The minimum Gasteiger partial charge on any atom is -0.507 e. The molecule has 0 aromatic heterocycles. The molecule has 0 saturated heterocycles. The van der Waals surface area contributed by atoms with Gasteiger partial charge in [-0.1, -0.05) is 18.2 Å². The first-order valence-electron chi connectivity index (χ1n) is 5.65. The molecule has 3 heteroatoms. The van der Waals surface area contributed by atoms with Gasteiger partial charge >= 0.3 is 5.97 Å². The molecule has 0 bridgehead atoms. The first-order valence-corrected chi connectivity index (χ1v) is 5.65. The van der Waals surface area contributed by atoms with Crippen molar-refractivity contribution in [1.82, 2.24) is 0 Å². The van der Waals surface area contributed by atoms with E-state index in [0.717, 1.165) is 0 Å². The van der Waals surface area contributed by atoms with Gasteiger partial charge in [0.2, 0.25) is 0 Å². The Balaban J connectivity index is 2.25. The third-order valence-electron chi connectivity index (χ3n) is 2.68. The highest BCUT2D eigenvalue weighted by atomic mass is 16.5. The molecule has 2 rings (SSSR count). The molecule has 0 unspecified atom stereocenters. The van der Waals surface area contributed by atoms with Crippen LogP contribution in [0.15, 0.2) is 42.5 Å². The fourth-order valence-corrected chi connectivity index (χ4v) is 1.73. The number of aromatic hydroxyl groups is 1. The van der Waals surface area contributed by atoms with E-state index in [1.165, 1.54) is 0 Å². The van der Waals surface area contributed by atoms with Gasteiger partial charge in [0.05, 0.1) is 5.56 Å². The molecule has 2 aromatic rings. The largest absolute Gasteiger partial charge is 0.507 e. The maximum atomic E-state index is 11.9. The number of benzene rings is 2. The van der Waals surface area contributed by atoms with Crippen molar-refractivity contribution in [3.05, 3.63) is 59.2 Å². The zero-order valence-electron chi connectivity index (χ0n) is 10.3. The number of rotatable bonds is 2. The SMILES string of the molecule is Cc1cc(C(=O)Oc2ccccc2)cc(C)c1O.